The van der Waals surface area contributed by atoms with Gasteiger partial charge >= 0.3 is 0 Å². The van der Waals surface area contributed by atoms with Gasteiger partial charge in [0.2, 0.25) is 0 Å². The fourth-order valence-electron chi connectivity index (χ4n) is 3.49. The summed E-state index contributed by atoms with van der Waals surface area (Å²) in [4.78, 5) is 0. The van der Waals surface area contributed by atoms with Gasteiger partial charge in [-0.05, 0) is 36.8 Å². The molecule has 0 rings (SSSR count). The molecule has 0 spiro atoms. The van der Waals surface area contributed by atoms with Crippen LogP contribution in [-0.4, -0.2) is 5.66 Å². The average Bonchev–Trinajstić information content (AvgIpc) is 2.47. The van der Waals surface area contributed by atoms with E-state index in [1.54, 1.807) is 0 Å². The van der Waals surface area contributed by atoms with Crippen molar-refractivity contribution < 1.29 is 0 Å². The predicted octanol–water partition coefficient (Wildman–Crippen LogP) is 7.37. The van der Waals surface area contributed by atoms with Crippen LogP contribution in [0.4, 0.5) is 0 Å². The van der Waals surface area contributed by atoms with Crippen LogP contribution < -0.4 is 0 Å². The van der Waals surface area contributed by atoms with E-state index in [9.17, 15) is 0 Å². The van der Waals surface area contributed by atoms with Gasteiger partial charge in [0.1, 0.15) is 0 Å². The summed E-state index contributed by atoms with van der Waals surface area (Å²) >= 11 is 0. The largest absolute Gasteiger partial charge is 0.134 e. The van der Waals surface area contributed by atoms with E-state index in [-0.39, 0.29) is 0 Å². The Hall–Kier alpha value is 0.430. The molecule has 0 aromatic heterocycles. The Kier molecular flexibility index (Phi) is 13.4. The quantitative estimate of drug-likeness (QED) is 0.232. The molecule has 0 radical (unpaired) electrons. The summed E-state index contributed by atoms with van der Waals surface area (Å²) in [7, 11) is 3.21. The predicted molar refractivity (Wildman–Crippen MR) is 98.6 cm³/mol. The van der Waals surface area contributed by atoms with Gasteiger partial charge in [-0.2, -0.15) is 0 Å². The Bertz CT molecular complexity index is 196. The van der Waals surface area contributed by atoms with Gasteiger partial charge in [0.25, 0.3) is 0 Å². The molecule has 0 fully saturated rings. The zero-order valence-corrected chi connectivity index (χ0v) is 16.0. The fraction of sp³-hybridized carbons (Fsp3) is 1.00. The van der Waals surface area contributed by atoms with Gasteiger partial charge < -0.3 is 0 Å². The number of hydrogen-bond acceptors (Lipinski definition) is 0. The van der Waals surface area contributed by atoms with Crippen LogP contribution in [0.5, 0.6) is 0 Å². The maximum atomic E-state index is 3.21. The van der Waals surface area contributed by atoms with Gasteiger partial charge in [0.05, 0.1) is 0 Å². The minimum atomic E-state index is 0.600. The molecule has 0 saturated heterocycles. The molecule has 20 heavy (non-hydrogen) atoms. The molecule has 2 atom stereocenters. The van der Waals surface area contributed by atoms with Gasteiger partial charge in [0.15, 0.2) is 0 Å². The van der Waals surface area contributed by atoms with Crippen LogP contribution in [-0.2, 0) is 0 Å². The molecule has 0 N–H and O–H groups in total. The zero-order valence-electron chi connectivity index (χ0n) is 14.8. The maximum Gasteiger partial charge on any atom is -0.0208 e. The summed E-state index contributed by atoms with van der Waals surface area (Å²) in [5, 5.41) is 0. The minimum Gasteiger partial charge on any atom is -0.134 e. The van der Waals surface area contributed by atoms with Gasteiger partial charge in [-0.25, -0.2) is 0 Å². The van der Waals surface area contributed by atoms with Crippen LogP contribution in [0.1, 0.15) is 111 Å². The van der Waals surface area contributed by atoms with Crippen molar-refractivity contribution in [3.8, 4) is 0 Å². The second kappa shape index (κ2) is 13.1. The van der Waals surface area contributed by atoms with Crippen molar-refractivity contribution in [1.29, 1.82) is 0 Å². The third-order valence-corrected chi connectivity index (χ3v) is 6.38. The Labute approximate surface area is 132 Å². The SMILES string of the molecule is CCCCCCCC(P)C(CC)(CC)CCCCCC. The normalized spacial score (nSPS) is 13.7. The Morgan fingerprint density at radius 2 is 1.20 bits per heavy atom. The molecule has 0 heterocycles. The number of unbranched alkanes of at least 4 members (excludes halogenated alkanes) is 7. The van der Waals surface area contributed by atoms with Crippen LogP contribution in [0.15, 0.2) is 0 Å². The minimum absolute atomic E-state index is 0.600. The Morgan fingerprint density at radius 3 is 1.70 bits per heavy atom. The molecule has 0 saturated carbocycles. The summed E-state index contributed by atoms with van der Waals surface area (Å²) in [5.41, 5.74) is 1.43. The van der Waals surface area contributed by atoms with Crippen LogP contribution >= 0.6 is 9.24 Å². The third kappa shape index (κ3) is 8.02. The molecule has 0 aliphatic carbocycles. The van der Waals surface area contributed by atoms with Gasteiger partial charge in [-0.1, -0.05) is 85.5 Å². The van der Waals surface area contributed by atoms with Crippen molar-refractivity contribution >= 4 is 9.24 Å². The molecule has 122 valence electrons. The van der Waals surface area contributed by atoms with Gasteiger partial charge in [-0.15, -0.1) is 9.24 Å². The lowest BCUT2D eigenvalue weighted by atomic mass is 9.73. The Balaban J connectivity index is 4.11. The van der Waals surface area contributed by atoms with Crippen molar-refractivity contribution in [2.75, 3.05) is 0 Å². The highest BCUT2D eigenvalue weighted by Crippen LogP contribution is 2.42. The van der Waals surface area contributed by atoms with E-state index in [0.29, 0.717) is 5.41 Å². The van der Waals surface area contributed by atoms with Crippen LogP contribution in [0.2, 0.25) is 0 Å². The second-order valence-corrected chi connectivity index (χ2v) is 7.49. The average molecular weight is 301 g/mol. The smallest absolute Gasteiger partial charge is 0.0208 e. The lowest BCUT2D eigenvalue weighted by Gasteiger charge is -2.38. The van der Waals surface area contributed by atoms with Crippen molar-refractivity contribution in [3.63, 3.8) is 0 Å². The van der Waals surface area contributed by atoms with Crippen molar-refractivity contribution in [2.24, 2.45) is 5.41 Å². The maximum absolute atomic E-state index is 3.21. The zero-order chi connectivity index (χ0) is 15.3. The first-order valence-corrected chi connectivity index (χ1v) is 10.1. The van der Waals surface area contributed by atoms with E-state index < -0.39 is 0 Å². The third-order valence-electron chi connectivity index (χ3n) is 5.34. The molecule has 0 amide bonds. The van der Waals surface area contributed by atoms with Gasteiger partial charge in [0, 0.05) is 0 Å². The van der Waals surface area contributed by atoms with Crippen molar-refractivity contribution in [3.05, 3.63) is 0 Å². The highest BCUT2D eigenvalue weighted by molar-refractivity contribution is 7.17. The van der Waals surface area contributed by atoms with E-state index in [4.69, 9.17) is 0 Å². The lowest BCUT2D eigenvalue weighted by Crippen LogP contribution is -2.30. The highest BCUT2D eigenvalue weighted by Gasteiger charge is 2.31. The molecule has 2 unspecified atom stereocenters. The van der Waals surface area contributed by atoms with E-state index in [2.05, 4.69) is 36.9 Å². The molecular weight excluding hydrogens is 259 g/mol. The Morgan fingerprint density at radius 1 is 0.700 bits per heavy atom. The van der Waals surface area contributed by atoms with E-state index in [1.165, 1.54) is 83.5 Å². The molecular formula is C19H41P. The summed E-state index contributed by atoms with van der Waals surface area (Å²) in [6.45, 7) is 9.44. The first-order valence-electron chi connectivity index (χ1n) is 9.42. The topological polar surface area (TPSA) is 0 Å². The first kappa shape index (κ1) is 20.4. The monoisotopic (exact) mass is 300 g/mol. The summed E-state index contributed by atoms with van der Waals surface area (Å²) < 4.78 is 0. The standard InChI is InChI=1S/C19H41P/c1-5-9-11-13-14-16-18(20)19(7-3,8-4)17-15-12-10-6-2/h18H,5-17,20H2,1-4H3. The van der Waals surface area contributed by atoms with Crippen LogP contribution in [0.3, 0.4) is 0 Å². The van der Waals surface area contributed by atoms with E-state index in [0.717, 1.165) is 5.66 Å². The van der Waals surface area contributed by atoms with Crippen LogP contribution in [0.25, 0.3) is 0 Å². The lowest BCUT2D eigenvalue weighted by molar-refractivity contribution is 0.212. The summed E-state index contributed by atoms with van der Waals surface area (Å²) in [5.74, 6) is 0. The summed E-state index contributed by atoms with van der Waals surface area (Å²) in [6, 6.07) is 0. The molecule has 0 aromatic rings. The van der Waals surface area contributed by atoms with E-state index >= 15 is 0 Å². The van der Waals surface area contributed by atoms with Gasteiger partial charge in [-0.3, -0.25) is 0 Å². The van der Waals surface area contributed by atoms with Crippen molar-refractivity contribution in [2.45, 2.75) is 117 Å². The number of hydrogen-bond donors (Lipinski definition) is 0. The first-order chi connectivity index (χ1) is 9.66. The van der Waals surface area contributed by atoms with Crippen molar-refractivity contribution in [1.82, 2.24) is 0 Å². The molecule has 0 aliphatic rings. The highest BCUT2D eigenvalue weighted by atomic mass is 31.0. The molecule has 0 aromatic carbocycles. The molecule has 0 bridgehead atoms. The fourth-order valence-corrected chi connectivity index (χ4v) is 4.36. The second-order valence-electron chi connectivity index (χ2n) is 6.69. The number of rotatable bonds is 14. The van der Waals surface area contributed by atoms with Crippen LogP contribution in [0, 0.1) is 5.41 Å². The molecule has 0 aliphatic heterocycles. The molecule has 1 heteroatoms. The molecule has 0 nitrogen and oxygen atoms in total. The van der Waals surface area contributed by atoms with E-state index in [1.807, 2.05) is 0 Å². The summed E-state index contributed by atoms with van der Waals surface area (Å²) in [6.07, 6.45) is 18.3.